The maximum absolute atomic E-state index is 14.4. The van der Waals surface area contributed by atoms with Gasteiger partial charge in [0.05, 0.1) is 43.1 Å². The molecule has 0 radical (unpaired) electrons. The van der Waals surface area contributed by atoms with Gasteiger partial charge in [-0.05, 0) is 100 Å². The van der Waals surface area contributed by atoms with E-state index in [0.717, 1.165) is 54.8 Å². The number of benzene rings is 3. The maximum atomic E-state index is 14.4. The standard InChI is InChI=1S/C38H49F3N4O6/c1-25-21-45(26(2)24-46)36(47)33-20-31(43-37(48)42-30-13-11-29(12-14-30)38(39,40)41)15-18-34(33)51-27(3)8-6-7-19-50-35(25)23-44(4)22-28-9-16-32(49-5)17-10-28/h9-18,20,25-27,35,46H,6-8,19,21-24H2,1-5H3,(H2,42,43,48)/t25-,26+,27+,35-/m1/s1. The molecule has 1 aliphatic heterocycles. The molecule has 51 heavy (non-hydrogen) atoms. The summed E-state index contributed by atoms with van der Waals surface area (Å²) >= 11 is 0. The Balaban J connectivity index is 1.56. The van der Waals surface area contributed by atoms with E-state index in [1.54, 1.807) is 31.1 Å². The van der Waals surface area contributed by atoms with Crippen LogP contribution in [0.4, 0.5) is 29.3 Å². The summed E-state index contributed by atoms with van der Waals surface area (Å²) in [4.78, 5) is 31.0. The van der Waals surface area contributed by atoms with Crippen LogP contribution in [0.5, 0.6) is 11.5 Å². The number of nitrogens with one attached hydrogen (secondary N) is 2. The molecular formula is C38H49F3N4O6. The maximum Gasteiger partial charge on any atom is 0.416 e. The van der Waals surface area contributed by atoms with E-state index < -0.39 is 23.8 Å². The lowest BCUT2D eigenvalue weighted by Gasteiger charge is -2.36. The highest BCUT2D eigenvalue weighted by atomic mass is 19.4. The van der Waals surface area contributed by atoms with Crippen LogP contribution in [0.1, 0.15) is 61.5 Å². The number of carbonyl (C=O) groups is 2. The predicted octanol–water partition coefficient (Wildman–Crippen LogP) is 7.29. The molecule has 0 fully saturated rings. The van der Waals surface area contributed by atoms with Gasteiger partial charge in [-0.1, -0.05) is 19.1 Å². The summed E-state index contributed by atoms with van der Waals surface area (Å²) in [5.74, 6) is 0.619. The van der Waals surface area contributed by atoms with Crippen LogP contribution in [0.25, 0.3) is 0 Å². The number of hydrogen-bond acceptors (Lipinski definition) is 7. The first-order chi connectivity index (χ1) is 24.3. The van der Waals surface area contributed by atoms with E-state index in [9.17, 15) is 27.9 Å². The number of urea groups is 1. The van der Waals surface area contributed by atoms with Crippen molar-refractivity contribution in [3.05, 3.63) is 83.4 Å². The van der Waals surface area contributed by atoms with Gasteiger partial charge in [0.15, 0.2) is 0 Å². The molecule has 0 aliphatic carbocycles. The van der Waals surface area contributed by atoms with Gasteiger partial charge >= 0.3 is 12.2 Å². The van der Waals surface area contributed by atoms with Crippen LogP contribution in [-0.4, -0.2) is 85.6 Å². The summed E-state index contributed by atoms with van der Waals surface area (Å²) in [6, 6.07) is 15.5. The van der Waals surface area contributed by atoms with E-state index >= 15 is 0 Å². The number of halogens is 3. The second-order valence-corrected chi connectivity index (χ2v) is 13.2. The van der Waals surface area contributed by atoms with Gasteiger partial charge in [0.1, 0.15) is 11.5 Å². The smallest absolute Gasteiger partial charge is 0.416 e. The van der Waals surface area contributed by atoms with Crippen molar-refractivity contribution in [2.24, 2.45) is 5.92 Å². The number of anilines is 2. The number of fused-ring (bicyclic) bond motifs is 1. The van der Waals surface area contributed by atoms with Crippen LogP contribution in [0, 0.1) is 5.92 Å². The third kappa shape index (κ3) is 11.6. The molecule has 1 aliphatic rings. The van der Waals surface area contributed by atoms with Gasteiger partial charge in [-0.3, -0.25) is 9.69 Å². The van der Waals surface area contributed by atoms with Crippen LogP contribution >= 0.6 is 0 Å². The van der Waals surface area contributed by atoms with Crippen LogP contribution in [0.3, 0.4) is 0 Å². The van der Waals surface area contributed by atoms with E-state index in [1.165, 1.54) is 6.07 Å². The van der Waals surface area contributed by atoms with Crippen molar-refractivity contribution < 1.29 is 42.1 Å². The molecule has 13 heteroatoms. The number of amides is 3. The van der Waals surface area contributed by atoms with E-state index in [1.807, 2.05) is 45.2 Å². The molecule has 278 valence electrons. The van der Waals surface area contributed by atoms with Gasteiger partial charge in [0, 0.05) is 43.5 Å². The summed E-state index contributed by atoms with van der Waals surface area (Å²) in [7, 11) is 3.66. The molecule has 4 rings (SSSR count). The fourth-order valence-corrected chi connectivity index (χ4v) is 5.91. The van der Waals surface area contributed by atoms with Crippen molar-refractivity contribution in [1.82, 2.24) is 9.80 Å². The first-order valence-corrected chi connectivity index (χ1v) is 17.2. The highest BCUT2D eigenvalue weighted by Crippen LogP contribution is 2.31. The zero-order valence-corrected chi connectivity index (χ0v) is 29.8. The molecular weight excluding hydrogens is 665 g/mol. The number of methoxy groups -OCH3 is 1. The van der Waals surface area contributed by atoms with Gasteiger partial charge < -0.3 is 34.9 Å². The number of ether oxygens (including phenoxy) is 3. The molecule has 3 aromatic carbocycles. The Labute approximate surface area is 297 Å². The van der Waals surface area contributed by atoms with Crippen molar-refractivity contribution in [3.63, 3.8) is 0 Å². The van der Waals surface area contributed by atoms with Crippen molar-refractivity contribution in [2.75, 3.05) is 51.1 Å². The monoisotopic (exact) mass is 714 g/mol. The average Bonchev–Trinajstić information content (AvgIpc) is 3.09. The Morgan fingerprint density at radius 3 is 2.35 bits per heavy atom. The molecule has 3 aromatic rings. The molecule has 0 aromatic heterocycles. The van der Waals surface area contributed by atoms with Gasteiger partial charge in [0.25, 0.3) is 5.91 Å². The van der Waals surface area contributed by atoms with Crippen LogP contribution in [-0.2, 0) is 17.5 Å². The number of rotatable bonds is 9. The van der Waals surface area contributed by atoms with Crippen molar-refractivity contribution >= 4 is 23.3 Å². The molecule has 10 nitrogen and oxygen atoms in total. The lowest BCUT2D eigenvalue weighted by Crippen LogP contribution is -2.47. The molecule has 3 N–H and O–H groups in total. The van der Waals surface area contributed by atoms with Crippen LogP contribution in [0.2, 0.25) is 0 Å². The van der Waals surface area contributed by atoms with Crippen molar-refractivity contribution in [3.8, 4) is 11.5 Å². The number of likely N-dealkylation sites (N-methyl/N-ethyl adjacent to an activating group) is 1. The van der Waals surface area contributed by atoms with Crippen molar-refractivity contribution in [2.45, 2.75) is 71.0 Å². The Bertz CT molecular complexity index is 1570. The highest BCUT2D eigenvalue weighted by molar-refractivity contribution is 6.02. The number of nitrogens with zero attached hydrogens (tertiary/aromatic N) is 2. The minimum Gasteiger partial charge on any atom is -0.497 e. The van der Waals surface area contributed by atoms with Crippen LogP contribution in [0.15, 0.2) is 66.7 Å². The summed E-state index contributed by atoms with van der Waals surface area (Å²) in [6.45, 7) is 7.59. The first-order valence-electron chi connectivity index (χ1n) is 17.2. The van der Waals surface area contributed by atoms with E-state index in [2.05, 4.69) is 15.5 Å². The third-order valence-electron chi connectivity index (χ3n) is 8.88. The summed E-state index contributed by atoms with van der Waals surface area (Å²) < 4.78 is 56.9. The average molecular weight is 715 g/mol. The van der Waals surface area contributed by atoms with E-state index in [-0.39, 0.29) is 54.1 Å². The number of hydrogen-bond donors (Lipinski definition) is 3. The Morgan fingerprint density at radius 2 is 1.71 bits per heavy atom. The molecule has 1 heterocycles. The first kappa shape index (κ1) is 39.5. The number of aliphatic hydroxyl groups excluding tert-OH is 1. The molecule has 0 unspecified atom stereocenters. The van der Waals surface area contributed by atoms with E-state index in [4.69, 9.17) is 14.2 Å². The fourth-order valence-electron chi connectivity index (χ4n) is 5.91. The van der Waals surface area contributed by atoms with E-state index in [0.29, 0.717) is 25.4 Å². The quantitative estimate of drug-likeness (QED) is 0.214. The topological polar surface area (TPSA) is 113 Å². The lowest BCUT2D eigenvalue weighted by atomic mass is 10.0. The molecule has 0 bridgehead atoms. The van der Waals surface area contributed by atoms with Crippen LogP contribution < -0.4 is 20.1 Å². The summed E-state index contributed by atoms with van der Waals surface area (Å²) in [5, 5.41) is 15.4. The zero-order valence-electron chi connectivity index (χ0n) is 29.8. The Hall–Kier alpha value is -4.33. The molecule has 0 saturated heterocycles. The van der Waals surface area contributed by atoms with Crippen molar-refractivity contribution in [1.29, 1.82) is 0 Å². The number of aliphatic hydroxyl groups is 1. The van der Waals surface area contributed by atoms with Gasteiger partial charge in [0.2, 0.25) is 0 Å². The molecule has 0 saturated carbocycles. The summed E-state index contributed by atoms with van der Waals surface area (Å²) in [5.41, 5.74) is 0.931. The SMILES string of the molecule is COc1ccc(CN(C)C[C@H]2OCCCC[C@H](C)Oc3ccc(NC(=O)Nc4ccc(C(F)(F)F)cc4)cc3C(=O)N([C@@H](C)CO)C[C@H]2C)cc1. The Morgan fingerprint density at radius 1 is 1.04 bits per heavy atom. The largest absolute Gasteiger partial charge is 0.497 e. The highest BCUT2D eigenvalue weighted by Gasteiger charge is 2.31. The predicted molar refractivity (Wildman–Crippen MR) is 190 cm³/mol. The lowest BCUT2D eigenvalue weighted by molar-refractivity contribution is -0.137. The zero-order chi connectivity index (χ0) is 37.1. The Kier molecular flexibility index (Phi) is 14.1. The third-order valence-corrected chi connectivity index (χ3v) is 8.88. The summed E-state index contributed by atoms with van der Waals surface area (Å²) in [6.07, 6.45) is -2.53. The molecule has 4 atom stereocenters. The van der Waals surface area contributed by atoms with Gasteiger partial charge in [-0.2, -0.15) is 13.2 Å². The number of carbonyl (C=O) groups excluding carboxylic acids is 2. The minimum absolute atomic E-state index is 0.122. The normalized spacial score (nSPS) is 19.8. The second kappa shape index (κ2) is 18.2. The molecule has 0 spiro atoms. The molecule has 3 amide bonds. The number of alkyl halides is 3. The minimum atomic E-state index is -4.50. The fraction of sp³-hybridized carbons (Fsp3) is 0.474. The second-order valence-electron chi connectivity index (χ2n) is 13.2. The van der Waals surface area contributed by atoms with Gasteiger partial charge in [-0.25, -0.2) is 4.79 Å². The van der Waals surface area contributed by atoms with Gasteiger partial charge in [-0.15, -0.1) is 0 Å².